The predicted molar refractivity (Wildman–Crippen MR) is 101 cm³/mol. The summed E-state index contributed by atoms with van der Waals surface area (Å²) < 4.78 is 9.73. The standard InChI is InChI=1S/C18H27N3O6/c1-12(8-9-19-17(23)27-18(2,3)4)11-20-14-7-6-13(16(22)26-5)10-15(14)21(24)25/h6-7,10,12,20H,8-9,11H2,1-5H3,(H,19,23). The molecule has 0 bridgehead atoms. The van der Waals surface area contributed by atoms with Crippen LogP contribution in [0.2, 0.25) is 0 Å². The zero-order valence-electron chi connectivity index (χ0n) is 16.3. The molecule has 1 aromatic carbocycles. The molecule has 0 saturated heterocycles. The van der Waals surface area contributed by atoms with Crippen LogP contribution in [-0.4, -0.2) is 42.8 Å². The third-order valence-electron chi connectivity index (χ3n) is 3.56. The minimum Gasteiger partial charge on any atom is -0.465 e. The quantitative estimate of drug-likeness (QED) is 0.402. The van der Waals surface area contributed by atoms with E-state index in [1.807, 2.05) is 6.92 Å². The van der Waals surface area contributed by atoms with Gasteiger partial charge < -0.3 is 20.1 Å². The number of esters is 1. The van der Waals surface area contributed by atoms with Crippen molar-refractivity contribution in [2.45, 2.75) is 39.7 Å². The van der Waals surface area contributed by atoms with Gasteiger partial charge in [-0.3, -0.25) is 10.1 Å². The Morgan fingerprint density at radius 2 is 1.96 bits per heavy atom. The van der Waals surface area contributed by atoms with Crippen molar-refractivity contribution in [3.63, 3.8) is 0 Å². The molecule has 0 aromatic heterocycles. The Morgan fingerprint density at radius 3 is 2.52 bits per heavy atom. The van der Waals surface area contributed by atoms with Crippen LogP contribution in [0, 0.1) is 16.0 Å². The van der Waals surface area contributed by atoms with Crippen LogP contribution < -0.4 is 10.6 Å². The van der Waals surface area contributed by atoms with Crippen LogP contribution in [0.25, 0.3) is 0 Å². The molecule has 1 aromatic rings. The SMILES string of the molecule is COC(=O)c1ccc(NCC(C)CCNC(=O)OC(C)(C)C)c([N+](=O)[O-])c1. The Kier molecular flexibility index (Phi) is 8.01. The Bertz CT molecular complexity index is 684. The second-order valence-corrected chi connectivity index (χ2v) is 7.18. The number of alkyl carbamates (subject to hydrolysis) is 1. The monoisotopic (exact) mass is 381 g/mol. The van der Waals surface area contributed by atoms with Crippen LogP contribution in [0.4, 0.5) is 16.2 Å². The molecule has 9 heteroatoms. The molecule has 150 valence electrons. The van der Waals surface area contributed by atoms with E-state index in [1.165, 1.54) is 25.3 Å². The third kappa shape index (κ3) is 7.93. The number of anilines is 1. The van der Waals surface area contributed by atoms with Crippen LogP contribution >= 0.6 is 0 Å². The van der Waals surface area contributed by atoms with Gasteiger partial charge in [0.15, 0.2) is 0 Å². The summed E-state index contributed by atoms with van der Waals surface area (Å²) in [5, 5.41) is 16.9. The molecule has 1 atom stereocenters. The normalized spacial score (nSPS) is 12.0. The van der Waals surface area contributed by atoms with Gasteiger partial charge in [0.2, 0.25) is 0 Å². The Balaban J connectivity index is 2.56. The minimum absolute atomic E-state index is 0.115. The highest BCUT2D eigenvalue weighted by Gasteiger charge is 2.19. The van der Waals surface area contributed by atoms with Crippen molar-refractivity contribution < 1.29 is 24.0 Å². The zero-order chi connectivity index (χ0) is 20.6. The molecule has 1 amide bonds. The first-order valence-corrected chi connectivity index (χ1v) is 8.61. The second-order valence-electron chi connectivity index (χ2n) is 7.18. The van der Waals surface area contributed by atoms with Crippen LogP contribution in [0.5, 0.6) is 0 Å². The summed E-state index contributed by atoms with van der Waals surface area (Å²) in [6.07, 6.45) is 0.192. The maximum absolute atomic E-state index is 11.6. The lowest BCUT2D eigenvalue weighted by Gasteiger charge is -2.20. The van der Waals surface area contributed by atoms with Gasteiger partial charge in [0.05, 0.1) is 17.6 Å². The van der Waals surface area contributed by atoms with Crippen LogP contribution in [0.15, 0.2) is 18.2 Å². The summed E-state index contributed by atoms with van der Waals surface area (Å²) in [5.41, 5.74) is -0.312. The summed E-state index contributed by atoms with van der Waals surface area (Å²) in [5.74, 6) is -0.494. The summed E-state index contributed by atoms with van der Waals surface area (Å²) in [7, 11) is 1.22. The first-order chi connectivity index (χ1) is 12.5. The molecular weight excluding hydrogens is 354 g/mol. The molecule has 0 aliphatic rings. The average Bonchev–Trinajstić information content (AvgIpc) is 2.57. The molecule has 0 saturated carbocycles. The number of hydrogen-bond donors (Lipinski definition) is 2. The number of nitrogens with zero attached hydrogens (tertiary/aromatic N) is 1. The number of carbonyl (C=O) groups excluding carboxylic acids is 2. The number of benzene rings is 1. The second kappa shape index (κ2) is 9.75. The highest BCUT2D eigenvalue weighted by atomic mass is 16.6. The topological polar surface area (TPSA) is 120 Å². The number of carbonyl (C=O) groups is 2. The Labute approximate surface area is 158 Å². The molecule has 27 heavy (non-hydrogen) atoms. The molecule has 0 radical (unpaired) electrons. The number of methoxy groups -OCH3 is 1. The van der Waals surface area contributed by atoms with E-state index in [-0.39, 0.29) is 17.2 Å². The number of amides is 1. The first kappa shape index (κ1) is 22.2. The van der Waals surface area contributed by atoms with Gasteiger partial charge in [-0.05, 0) is 45.2 Å². The molecule has 2 N–H and O–H groups in total. The van der Waals surface area contributed by atoms with Gasteiger partial charge in [-0.1, -0.05) is 6.92 Å². The zero-order valence-corrected chi connectivity index (χ0v) is 16.3. The maximum atomic E-state index is 11.6. The lowest BCUT2D eigenvalue weighted by molar-refractivity contribution is -0.384. The van der Waals surface area contributed by atoms with E-state index in [9.17, 15) is 19.7 Å². The van der Waals surface area contributed by atoms with Gasteiger partial charge in [-0.15, -0.1) is 0 Å². The molecule has 0 heterocycles. The van der Waals surface area contributed by atoms with Crippen molar-refractivity contribution in [2.24, 2.45) is 5.92 Å². The maximum Gasteiger partial charge on any atom is 0.407 e. The van der Waals surface area contributed by atoms with Crippen LogP contribution in [0.3, 0.4) is 0 Å². The van der Waals surface area contributed by atoms with Crippen molar-refractivity contribution in [2.75, 3.05) is 25.5 Å². The van der Waals surface area contributed by atoms with Gasteiger partial charge in [0.25, 0.3) is 5.69 Å². The lowest BCUT2D eigenvalue weighted by atomic mass is 10.1. The minimum atomic E-state index is -0.633. The molecule has 1 rings (SSSR count). The number of nitrogens with one attached hydrogen (secondary N) is 2. The van der Waals surface area contributed by atoms with Crippen LogP contribution in [0.1, 0.15) is 44.5 Å². The van der Waals surface area contributed by atoms with Crippen molar-refractivity contribution in [1.29, 1.82) is 0 Å². The van der Waals surface area contributed by atoms with Gasteiger partial charge in [0, 0.05) is 19.2 Å². The van der Waals surface area contributed by atoms with Gasteiger partial charge in [-0.2, -0.15) is 0 Å². The van der Waals surface area contributed by atoms with E-state index in [2.05, 4.69) is 15.4 Å². The fourth-order valence-corrected chi connectivity index (χ4v) is 2.20. The van der Waals surface area contributed by atoms with E-state index in [1.54, 1.807) is 20.8 Å². The number of rotatable bonds is 8. The largest absolute Gasteiger partial charge is 0.465 e. The Hall–Kier alpha value is -2.84. The smallest absolute Gasteiger partial charge is 0.407 e. The highest BCUT2D eigenvalue weighted by Crippen LogP contribution is 2.26. The van der Waals surface area contributed by atoms with Crippen molar-refractivity contribution >= 4 is 23.4 Å². The van der Waals surface area contributed by atoms with E-state index < -0.39 is 22.6 Å². The van der Waals surface area contributed by atoms with Crippen molar-refractivity contribution in [1.82, 2.24) is 5.32 Å². The molecule has 9 nitrogen and oxygen atoms in total. The van der Waals surface area contributed by atoms with E-state index >= 15 is 0 Å². The molecule has 1 unspecified atom stereocenters. The average molecular weight is 381 g/mol. The van der Waals surface area contributed by atoms with Crippen molar-refractivity contribution in [3.8, 4) is 0 Å². The first-order valence-electron chi connectivity index (χ1n) is 8.61. The Morgan fingerprint density at radius 1 is 1.30 bits per heavy atom. The molecule has 0 fully saturated rings. The fourth-order valence-electron chi connectivity index (χ4n) is 2.20. The number of nitro groups is 1. The number of hydrogen-bond acceptors (Lipinski definition) is 7. The highest BCUT2D eigenvalue weighted by molar-refractivity contribution is 5.91. The lowest BCUT2D eigenvalue weighted by Crippen LogP contribution is -2.33. The molecule has 0 aliphatic carbocycles. The molecule has 0 spiro atoms. The van der Waals surface area contributed by atoms with Crippen LogP contribution in [-0.2, 0) is 9.47 Å². The van der Waals surface area contributed by atoms with Gasteiger partial charge in [-0.25, -0.2) is 9.59 Å². The van der Waals surface area contributed by atoms with Crippen molar-refractivity contribution in [3.05, 3.63) is 33.9 Å². The summed E-state index contributed by atoms with van der Waals surface area (Å²) in [6, 6.07) is 4.13. The third-order valence-corrected chi connectivity index (χ3v) is 3.56. The summed E-state index contributed by atoms with van der Waals surface area (Å²) in [6.45, 7) is 8.22. The van der Waals surface area contributed by atoms with Gasteiger partial charge in [0.1, 0.15) is 11.3 Å². The van der Waals surface area contributed by atoms with E-state index in [0.717, 1.165) is 0 Å². The fraction of sp³-hybridized carbons (Fsp3) is 0.556. The molecule has 0 aliphatic heterocycles. The van der Waals surface area contributed by atoms with Gasteiger partial charge >= 0.3 is 12.1 Å². The van der Waals surface area contributed by atoms with E-state index in [0.29, 0.717) is 25.2 Å². The van der Waals surface area contributed by atoms with E-state index in [4.69, 9.17) is 4.74 Å². The predicted octanol–water partition coefficient (Wildman–Crippen LogP) is 3.34. The summed E-state index contributed by atoms with van der Waals surface area (Å²) in [4.78, 5) is 33.8. The summed E-state index contributed by atoms with van der Waals surface area (Å²) >= 11 is 0. The molecular formula is C18H27N3O6. The number of ether oxygens (including phenoxy) is 2. The number of nitro benzene ring substituents is 1.